The van der Waals surface area contributed by atoms with Crippen LogP contribution in [-0.2, 0) is 19.2 Å². The number of fused-ring (bicyclic) bond motifs is 3. The fourth-order valence-electron chi connectivity index (χ4n) is 6.43. The number of amides is 2. The fourth-order valence-corrected chi connectivity index (χ4v) is 6.43. The van der Waals surface area contributed by atoms with Crippen molar-refractivity contribution in [2.75, 3.05) is 4.90 Å². The number of carbonyl (C=O) groups is 4. The molecule has 0 unspecified atom stereocenters. The number of aromatic hydroxyl groups is 1. The maximum atomic E-state index is 13.8. The van der Waals surface area contributed by atoms with Gasteiger partial charge in [-0.3, -0.25) is 34.2 Å². The van der Waals surface area contributed by atoms with E-state index in [-0.39, 0.29) is 41.5 Å². The van der Waals surface area contributed by atoms with Crippen molar-refractivity contribution in [3.63, 3.8) is 0 Å². The number of rotatable bonds is 3. The number of para-hydroxylation sites is 1. The van der Waals surface area contributed by atoms with Crippen molar-refractivity contribution in [2.24, 2.45) is 17.8 Å². The second-order valence-corrected chi connectivity index (χ2v) is 10.1. The lowest BCUT2D eigenvalue weighted by atomic mass is 9.59. The van der Waals surface area contributed by atoms with Gasteiger partial charge < -0.3 is 5.11 Å². The van der Waals surface area contributed by atoms with E-state index in [9.17, 15) is 34.4 Å². The molecule has 0 saturated carbocycles. The van der Waals surface area contributed by atoms with Gasteiger partial charge in [0, 0.05) is 40.3 Å². The summed E-state index contributed by atoms with van der Waals surface area (Å²) in [7, 11) is 0. The molecule has 1 saturated heterocycles. The number of ketones is 2. The summed E-state index contributed by atoms with van der Waals surface area (Å²) in [5, 5.41) is 21.8. The number of allylic oxidation sites excluding steroid dienone is 6. The number of phenols is 1. The second-order valence-electron chi connectivity index (χ2n) is 10.1. The van der Waals surface area contributed by atoms with Crippen LogP contribution in [0.1, 0.15) is 31.2 Å². The van der Waals surface area contributed by atoms with Gasteiger partial charge in [0.05, 0.1) is 22.4 Å². The number of non-ortho nitro benzene ring substituents is 1. The van der Waals surface area contributed by atoms with Crippen LogP contribution in [0.4, 0.5) is 11.4 Å². The van der Waals surface area contributed by atoms with Gasteiger partial charge in [-0.2, -0.15) is 0 Å². The van der Waals surface area contributed by atoms with E-state index in [1.54, 1.807) is 25.1 Å². The molecule has 1 heterocycles. The third kappa shape index (κ3) is 3.31. The van der Waals surface area contributed by atoms with Gasteiger partial charge in [0.15, 0.2) is 11.6 Å². The molecule has 0 aromatic heterocycles. The largest absolute Gasteiger partial charge is 0.508 e. The maximum absolute atomic E-state index is 13.8. The van der Waals surface area contributed by atoms with Gasteiger partial charge in [0.25, 0.3) is 5.69 Å². The number of nitro groups is 1. The Kier molecular flexibility index (Phi) is 5.27. The zero-order chi connectivity index (χ0) is 26.9. The topological polar surface area (TPSA) is 135 Å². The summed E-state index contributed by atoms with van der Waals surface area (Å²) in [5.74, 6) is -4.11. The average Bonchev–Trinajstić information content (AvgIpc) is 3.16. The first-order chi connectivity index (χ1) is 18.2. The number of phenolic OH excluding ortho intramolecular Hbond substituents is 1. The van der Waals surface area contributed by atoms with E-state index in [4.69, 9.17) is 0 Å². The molecule has 9 nitrogen and oxygen atoms in total. The van der Waals surface area contributed by atoms with E-state index in [0.717, 1.165) is 10.5 Å². The van der Waals surface area contributed by atoms with Crippen molar-refractivity contribution in [1.82, 2.24) is 0 Å². The minimum absolute atomic E-state index is 0.0261. The molecule has 1 fully saturated rings. The van der Waals surface area contributed by atoms with Crippen molar-refractivity contribution in [3.8, 4) is 5.75 Å². The summed E-state index contributed by atoms with van der Waals surface area (Å²) in [4.78, 5) is 65.3. The zero-order valence-corrected chi connectivity index (χ0v) is 20.3. The molecular formula is C29H22N2O7. The number of Topliss-reactive ketones (excluding diaryl/α,β-unsaturated/α-hetero) is 1. The maximum Gasteiger partial charge on any atom is 0.269 e. The molecule has 9 heteroatoms. The third-order valence-electron chi connectivity index (χ3n) is 8.13. The normalized spacial score (nSPS) is 26.5. The Morgan fingerprint density at radius 3 is 2.37 bits per heavy atom. The van der Waals surface area contributed by atoms with E-state index >= 15 is 0 Å². The van der Waals surface area contributed by atoms with Crippen LogP contribution in [0.3, 0.4) is 0 Å². The first-order valence-electron chi connectivity index (χ1n) is 12.3. The van der Waals surface area contributed by atoms with E-state index in [2.05, 4.69) is 0 Å². The molecule has 3 aliphatic carbocycles. The molecule has 2 aromatic rings. The van der Waals surface area contributed by atoms with Crippen molar-refractivity contribution < 1.29 is 29.2 Å². The molecule has 1 aliphatic heterocycles. The quantitative estimate of drug-likeness (QED) is 0.217. The Bertz CT molecular complexity index is 1560. The van der Waals surface area contributed by atoms with Crippen molar-refractivity contribution in [1.29, 1.82) is 0 Å². The standard InChI is InChI=1S/C29H22N2O7/c1-14-12-23(33)21-13-20-17(24(26(21)27(14)34)18-4-2-3-5-22(18)32)10-11-19-25(20)29(36)30(28(19)35)15-6-8-16(9-7-15)31(37)38/h2-10,12,19-20,24-25,32H,11,13H2,1H3/t19-,20+,24+,25-/m0/s1. The molecule has 4 atom stereocenters. The number of nitro benzene ring substituents is 1. The van der Waals surface area contributed by atoms with Gasteiger partial charge >= 0.3 is 0 Å². The zero-order valence-electron chi connectivity index (χ0n) is 20.3. The summed E-state index contributed by atoms with van der Waals surface area (Å²) in [6, 6.07) is 11.9. The first kappa shape index (κ1) is 23.7. The van der Waals surface area contributed by atoms with Crippen LogP contribution in [0.15, 0.2) is 83.0 Å². The molecule has 2 amide bonds. The number of benzene rings is 2. The van der Waals surface area contributed by atoms with Gasteiger partial charge in [-0.15, -0.1) is 0 Å². The van der Waals surface area contributed by atoms with Gasteiger partial charge in [0.1, 0.15) is 5.75 Å². The summed E-state index contributed by atoms with van der Waals surface area (Å²) in [5.41, 5.74) is 2.25. The Balaban J connectivity index is 1.46. The van der Waals surface area contributed by atoms with Crippen LogP contribution in [0.5, 0.6) is 5.75 Å². The average molecular weight is 511 g/mol. The molecule has 0 bridgehead atoms. The van der Waals surface area contributed by atoms with E-state index in [0.29, 0.717) is 22.3 Å². The Hall–Kier alpha value is -4.66. The first-order valence-corrected chi connectivity index (χ1v) is 12.3. The predicted molar refractivity (Wildman–Crippen MR) is 135 cm³/mol. The summed E-state index contributed by atoms with van der Waals surface area (Å²) < 4.78 is 0. The van der Waals surface area contributed by atoms with Gasteiger partial charge in [-0.05, 0) is 50.0 Å². The molecule has 0 radical (unpaired) electrons. The molecule has 6 rings (SSSR count). The van der Waals surface area contributed by atoms with Crippen LogP contribution in [0, 0.1) is 27.9 Å². The molecule has 4 aliphatic rings. The van der Waals surface area contributed by atoms with E-state index < -0.39 is 40.4 Å². The molecule has 2 aromatic carbocycles. The Labute approximate surface area is 216 Å². The van der Waals surface area contributed by atoms with Crippen LogP contribution in [0.2, 0.25) is 0 Å². The van der Waals surface area contributed by atoms with Crippen LogP contribution >= 0.6 is 0 Å². The highest BCUT2D eigenvalue weighted by Crippen LogP contribution is 2.56. The van der Waals surface area contributed by atoms with Crippen LogP contribution < -0.4 is 4.90 Å². The molecule has 38 heavy (non-hydrogen) atoms. The number of nitrogens with zero attached hydrogens (tertiary/aromatic N) is 2. The molecule has 190 valence electrons. The number of anilines is 1. The van der Waals surface area contributed by atoms with Crippen molar-refractivity contribution >= 4 is 34.8 Å². The third-order valence-corrected chi connectivity index (χ3v) is 8.13. The van der Waals surface area contributed by atoms with Crippen molar-refractivity contribution in [3.05, 3.63) is 98.7 Å². The second kappa shape index (κ2) is 8.44. The molecular weight excluding hydrogens is 488 g/mol. The lowest BCUT2D eigenvalue weighted by Crippen LogP contribution is -2.39. The summed E-state index contributed by atoms with van der Waals surface area (Å²) in [6.45, 7) is 1.59. The lowest BCUT2D eigenvalue weighted by Gasteiger charge is -2.42. The number of imide groups is 1. The smallest absolute Gasteiger partial charge is 0.269 e. The Morgan fingerprint density at radius 1 is 0.974 bits per heavy atom. The van der Waals surface area contributed by atoms with Crippen LogP contribution in [-0.4, -0.2) is 33.4 Å². The summed E-state index contributed by atoms with van der Waals surface area (Å²) >= 11 is 0. The van der Waals surface area contributed by atoms with Crippen LogP contribution in [0.25, 0.3) is 0 Å². The highest BCUT2D eigenvalue weighted by Gasteiger charge is 2.56. The molecule has 0 spiro atoms. The number of hydrogen-bond acceptors (Lipinski definition) is 7. The molecule has 1 N–H and O–H groups in total. The number of carbonyl (C=O) groups excluding carboxylic acids is 4. The van der Waals surface area contributed by atoms with E-state index in [1.807, 2.05) is 6.08 Å². The highest BCUT2D eigenvalue weighted by atomic mass is 16.6. The Morgan fingerprint density at radius 2 is 1.68 bits per heavy atom. The minimum Gasteiger partial charge on any atom is -0.508 e. The minimum atomic E-state index is -0.769. The summed E-state index contributed by atoms with van der Waals surface area (Å²) in [6.07, 6.45) is 3.58. The SMILES string of the molecule is CC1=CC(=O)C2=C(C1=O)[C@@H](c1ccccc1O)C1=CC[C@@H]3C(=O)N(c4ccc([N+](=O)[O-])cc4)C(=O)[C@@H]3[C@@H]1C2. The lowest BCUT2D eigenvalue weighted by molar-refractivity contribution is -0.384. The fraction of sp³-hybridized carbons (Fsp3) is 0.241. The van der Waals surface area contributed by atoms with Gasteiger partial charge in [-0.1, -0.05) is 29.8 Å². The van der Waals surface area contributed by atoms with Crippen molar-refractivity contribution in [2.45, 2.75) is 25.7 Å². The van der Waals surface area contributed by atoms with Gasteiger partial charge in [-0.25, -0.2) is 0 Å². The van der Waals surface area contributed by atoms with E-state index in [1.165, 1.54) is 36.4 Å². The number of hydrogen-bond donors (Lipinski definition) is 1. The van der Waals surface area contributed by atoms with Gasteiger partial charge in [0.2, 0.25) is 11.8 Å². The monoisotopic (exact) mass is 510 g/mol. The highest BCUT2D eigenvalue weighted by molar-refractivity contribution is 6.25. The predicted octanol–water partition coefficient (Wildman–Crippen LogP) is 3.93.